The van der Waals surface area contributed by atoms with E-state index in [2.05, 4.69) is 4.52 Å². The van der Waals surface area contributed by atoms with Crippen LogP contribution in [0.1, 0.15) is 46.5 Å². The molecule has 3 N–H and O–H groups in total. The number of carbonyl (C=O) groups excluding carboxylic acids is 2. The average Bonchev–Trinajstić information content (AvgIpc) is 2.89. The first kappa shape index (κ1) is 24.6. The van der Waals surface area contributed by atoms with Crippen molar-refractivity contribution >= 4 is 42.6 Å². The van der Waals surface area contributed by atoms with Crippen molar-refractivity contribution in [1.82, 2.24) is 0 Å². The monoisotopic (exact) mass is 506 g/mol. The van der Waals surface area contributed by atoms with Gasteiger partial charge in [-0.25, -0.2) is 4.57 Å². The lowest BCUT2D eigenvalue weighted by molar-refractivity contribution is -0.167. The van der Waals surface area contributed by atoms with Gasteiger partial charge in [0.1, 0.15) is 12.2 Å². The van der Waals surface area contributed by atoms with E-state index < -0.39 is 52.8 Å². The number of carbonyl (C=O) groups is 2. The largest absolute Gasteiger partial charge is 0.470 e. The highest BCUT2D eigenvalue weighted by molar-refractivity contribution is 7.46. The molecule has 8 atom stereocenters. The van der Waals surface area contributed by atoms with Crippen molar-refractivity contribution in [3.05, 3.63) is 23.8 Å². The number of allylic oxidation sites excluding steroid dienone is 4. The topological polar surface area (TPSA) is 121 Å². The number of rotatable bonds is 4. The third kappa shape index (κ3) is 3.12. The molecule has 0 aromatic carbocycles. The van der Waals surface area contributed by atoms with Crippen molar-refractivity contribution < 1.29 is 33.6 Å². The molecule has 2 unspecified atom stereocenters. The Morgan fingerprint density at radius 3 is 2.59 bits per heavy atom. The van der Waals surface area contributed by atoms with Crippen LogP contribution in [0.25, 0.3) is 0 Å². The molecule has 3 saturated carbocycles. The Balaban J connectivity index is 1.74. The van der Waals surface area contributed by atoms with Crippen LogP contribution in [0, 0.1) is 28.6 Å². The molecule has 0 spiro atoms. The molecule has 0 saturated heterocycles. The summed E-state index contributed by atoms with van der Waals surface area (Å²) in [4.78, 5) is 42.2. The van der Waals surface area contributed by atoms with Gasteiger partial charge in [-0.1, -0.05) is 32.4 Å². The van der Waals surface area contributed by atoms with Crippen molar-refractivity contribution in [3.8, 4) is 0 Å². The van der Waals surface area contributed by atoms with Gasteiger partial charge in [0, 0.05) is 10.8 Å². The fraction of sp³-hybridized carbons (Fsp3) is 0.727. The highest BCUT2D eigenvalue weighted by Crippen LogP contribution is 2.72. The van der Waals surface area contributed by atoms with E-state index in [9.17, 15) is 19.3 Å². The molecule has 32 heavy (non-hydrogen) atoms. The number of ketones is 2. The van der Waals surface area contributed by atoms with E-state index in [1.807, 2.05) is 19.9 Å². The minimum absolute atomic E-state index is 0.0671. The summed E-state index contributed by atoms with van der Waals surface area (Å²) >= 11 is 14.4. The average molecular weight is 507 g/mol. The molecule has 0 amide bonds. The maximum absolute atomic E-state index is 13.1. The zero-order valence-electron chi connectivity index (χ0n) is 18.3. The first-order valence-electron chi connectivity index (χ1n) is 10.8. The third-order valence-electron chi connectivity index (χ3n) is 8.97. The molecular formula is C22H29Cl2O7P. The van der Waals surface area contributed by atoms with E-state index >= 15 is 0 Å². The predicted octanol–water partition coefficient (Wildman–Crippen LogP) is 3.53. The molecule has 0 aliphatic heterocycles. The number of aliphatic hydroxyl groups is 1. The van der Waals surface area contributed by atoms with Gasteiger partial charge in [0.15, 0.2) is 11.6 Å². The van der Waals surface area contributed by atoms with Gasteiger partial charge in [-0.2, -0.15) is 0 Å². The highest BCUT2D eigenvalue weighted by atomic mass is 35.5. The Hall–Kier alpha value is -0.530. The summed E-state index contributed by atoms with van der Waals surface area (Å²) in [5.41, 5.74) is -2.47. The lowest BCUT2D eigenvalue weighted by Crippen LogP contribution is -2.67. The van der Waals surface area contributed by atoms with Crippen LogP contribution >= 0.6 is 31.0 Å². The van der Waals surface area contributed by atoms with Gasteiger partial charge in [0.25, 0.3) is 0 Å². The van der Waals surface area contributed by atoms with Crippen molar-refractivity contribution in [2.75, 3.05) is 6.61 Å². The fourth-order valence-electron chi connectivity index (χ4n) is 7.33. The fourth-order valence-corrected chi connectivity index (χ4v) is 8.85. The molecule has 0 radical (unpaired) electrons. The molecule has 0 heterocycles. The van der Waals surface area contributed by atoms with Crippen LogP contribution in [0.4, 0.5) is 0 Å². The smallest absolute Gasteiger partial charge is 0.381 e. The zero-order chi connectivity index (χ0) is 23.9. The summed E-state index contributed by atoms with van der Waals surface area (Å²) in [7, 11) is -4.87. The van der Waals surface area contributed by atoms with Gasteiger partial charge in [0.2, 0.25) is 0 Å². The maximum atomic E-state index is 13.1. The minimum atomic E-state index is -4.87. The number of halogens is 2. The lowest BCUT2D eigenvalue weighted by atomic mass is 9.46. The van der Waals surface area contributed by atoms with E-state index in [-0.39, 0.29) is 24.0 Å². The lowest BCUT2D eigenvalue weighted by Gasteiger charge is -2.63. The van der Waals surface area contributed by atoms with Crippen LogP contribution in [0.15, 0.2) is 23.8 Å². The van der Waals surface area contributed by atoms with Gasteiger partial charge < -0.3 is 14.9 Å². The Labute approximate surface area is 197 Å². The van der Waals surface area contributed by atoms with Crippen LogP contribution in [-0.2, 0) is 18.7 Å². The summed E-state index contributed by atoms with van der Waals surface area (Å²) in [5.74, 6) is -1.56. The van der Waals surface area contributed by atoms with E-state index in [1.54, 1.807) is 13.0 Å². The Kier molecular flexibility index (Phi) is 5.75. The molecule has 7 nitrogen and oxygen atoms in total. The Morgan fingerprint density at radius 1 is 1.31 bits per heavy atom. The second kappa shape index (κ2) is 7.48. The van der Waals surface area contributed by atoms with Crippen molar-refractivity contribution in [1.29, 1.82) is 0 Å². The molecule has 4 aliphatic carbocycles. The SMILES string of the molecule is CC1C[C@H]2[C@@H]3CCC4=CC(=O)C=C[C@]4(C)[C@@]3(Cl)C(Cl)C[C@]2(C)[C@@]1(O)C(=O)COP(=O)(O)O. The number of fused-ring (bicyclic) bond motifs is 5. The van der Waals surface area contributed by atoms with E-state index in [0.717, 1.165) is 5.57 Å². The second-order valence-corrected chi connectivity index (χ2v) is 12.7. The Morgan fingerprint density at radius 2 is 1.97 bits per heavy atom. The zero-order valence-corrected chi connectivity index (χ0v) is 20.7. The molecule has 10 heteroatoms. The number of phosphoric acid groups is 1. The van der Waals surface area contributed by atoms with Gasteiger partial charge in [-0.15, -0.1) is 23.2 Å². The highest BCUT2D eigenvalue weighted by Gasteiger charge is 2.74. The summed E-state index contributed by atoms with van der Waals surface area (Å²) in [6.07, 6.45) is 7.14. The molecule has 4 aliphatic rings. The number of hydrogen-bond acceptors (Lipinski definition) is 5. The summed E-state index contributed by atoms with van der Waals surface area (Å²) in [5, 5.41) is 11.1. The number of alkyl halides is 2. The van der Waals surface area contributed by atoms with Crippen molar-refractivity contribution in [3.63, 3.8) is 0 Å². The summed E-state index contributed by atoms with van der Waals surface area (Å²) in [6.45, 7) is 4.72. The molecule has 3 fully saturated rings. The normalized spacial score (nSPS) is 48.0. The number of hydrogen-bond donors (Lipinski definition) is 3. The summed E-state index contributed by atoms with van der Waals surface area (Å²) in [6, 6.07) is 0. The van der Waals surface area contributed by atoms with Crippen LogP contribution in [0.2, 0.25) is 0 Å². The van der Waals surface area contributed by atoms with Crippen LogP contribution in [0.5, 0.6) is 0 Å². The van der Waals surface area contributed by atoms with Gasteiger partial charge >= 0.3 is 7.82 Å². The van der Waals surface area contributed by atoms with E-state index in [1.165, 1.54) is 6.08 Å². The molecule has 178 valence electrons. The van der Waals surface area contributed by atoms with Crippen LogP contribution < -0.4 is 0 Å². The number of phosphoric ester groups is 1. The first-order chi connectivity index (χ1) is 14.6. The van der Waals surface area contributed by atoms with Gasteiger partial charge in [-0.05, 0) is 55.6 Å². The quantitative estimate of drug-likeness (QED) is 0.393. The van der Waals surface area contributed by atoms with E-state index in [4.69, 9.17) is 33.0 Å². The first-order valence-corrected chi connectivity index (χ1v) is 13.2. The molecule has 4 rings (SSSR count). The summed E-state index contributed by atoms with van der Waals surface area (Å²) < 4.78 is 15.6. The van der Waals surface area contributed by atoms with Crippen LogP contribution in [0.3, 0.4) is 0 Å². The molecule has 0 aromatic heterocycles. The van der Waals surface area contributed by atoms with Crippen molar-refractivity contribution in [2.45, 2.75) is 62.3 Å². The predicted molar refractivity (Wildman–Crippen MR) is 119 cm³/mol. The maximum Gasteiger partial charge on any atom is 0.470 e. The number of Topliss-reactive ketones (excluding diaryl/α,β-unsaturated/α-hetero) is 1. The third-order valence-corrected chi connectivity index (χ3v) is 11.0. The minimum Gasteiger partial charge on any atom is -0.381 e. The van der Waals surface area contributed by atoms with Gasteiger partial charge in [-0.3, -0.25) is 14.1 Å². The second-order valence-electron chi connectivity index (χ2n) is 10.3. The van der Waals surface area contributed by atoms with Crippen LogP contribution in [-0.4, -0.2) is 48.9 Å². The van der Waals surface area contributed by atoms with Gasteiger partial charge in [0.05, 0.1) is 10.3 Å². The molecule has 0 aromatic rings. The standard InChI is InChI=1S/C22H29Cl2O7P/c1-12-8-16-15-5-4-13-9-14(25)6-7-19(13,2)21(15,24)17(23)10-20(16,3)22(12,27)18(26)11-31-32(28,29)30/h6-7,9,12,15-17,27H,4-5,8,10-11H2,1-3H3,(H2,28,29,30)/t12?,15-,16-,17?,19-,20-,21-,22-/m0/s1. The Bertz CT molecular complexity index is 975. The van der Waals surface area contributed by atoms with E-state index in [0.29, 0.717) is 19.3 Å². The molecular weight excluding hydrogens is 478 g/mol. The van der Waals surface area contributed by atoms with Crippen molar-refractivity contribution in [2.24, 2.45) is 28.6 Å². The molecule has 0 bridgehead atoms.